The third kappa shape index (κ3) is 1.53. The number of aromatic nitrogens is 1. The smallest absolute Gasteiger partial charge is 0.141 e. The average molecular weight is 204 g/mol. The van der Waals surface area contributed by atoms with Crippen LogP contribution in [0.1, 0.15) is 12.5 Å². The summed E-state index contributed by atoms with van der Waals surface area (Å²) in [5.41, 5.74) is 0.903. The van der Waals surface area contributed by atoms with Crippen molar-refractivity contribution in [2.24, 2.45) is 0 Å². The fourth-order valence-electron chi connectivity index (χ4n) is 0.712. The van der Waals surface area contributed by atoms with Gasteiger partial charge in [-0.1, -0.05) is 6.92 Å². The van der Waals surface area contributed by atoms with Gasteiger partial charge in [-0.15, -0.1) is 0 Å². The standard InChI is InChI=1S/C7H7BrFN/c1-2-5-3-6(9)4-10-7(5)8/h3-4H,2H2,1H3. The van der Waals surface area contributed by atoms with Crippen LogP contribution in [-0.2, 0) is 6.42 Å². The molecule has 0 radical (unpaired) electrons. The lowest BCUT2D eigenvalue weighted by Crippen LogP contribution is -1.87. The zero-order valence-electron chi connectivity index (χ0n) is 5.56. The molecule has 0 N–H and O–H groups in total. The van der Waals surface area contributed by atoms with Crippen LogP contribution in [-0.4, -0.2) is 4.98 Å². The summed E-state index contributed by atoms with van der Waals surface area (Å²) in [6, 6.07) is 1.48. The molecule has 1 aromatic heterocycles. The normalized spacial score (nSPS) is 9.90. The fourth-order valence-corrected chi connectivity index (χ4v) is 1.21. The Morgan fingerprint density at radius 3 is 2.90 bits per heavy atom. The number of hydrogen-bond donors (Lipinski definition) is 0. The van der Waals surface area contributed by atoms with Crippen LogP contribution in [0.5, 0.6) is 0 Å². The van der Waals surface area contributed by atoms with Crippen molar-refractivity contribution in [1.82, 2.24) is 4.98 Å². The Morgan fingerprint density at radius 2 is 2.40 bits per heavy atom. The quantitative estimate of drug-likeness (QED) is 0.640. The van der Waals surface area contributed by atoms with Crippen molar-refractivity contribution in [1.29, 1.82) is 0 Å². The highest BCUT2D eigenvalue weighted by molar-refractivity contribution is 9.10. The Labute approximate surface area is 67.4 Å². The predicted octanol–water partition coefficient (Wildman–Crippen LogP) is 2.55. The van der Waals surface area contributed by atoms with E-state index in [0.717, 1.165) is 16.6 Å². The molecule has 1 heterocycles. The van der Waals surface area contributed by atoms with Crippen LogP contribution < -0.4 is 0 Å². The SMILES string of the molecule is CCc1cc(F)cnc1Br. The van der Waals surface area contributed by atoms with Crippen LogP contribution in [0, 0.1) is 5.82 Å². The summed E-state index contributed by atoms with van der Waals surface area (Å²) in [6.07, 6.45) is 1.99. The summed E-state index contributed by atoms with van der Waals surface area (Å²) >= 11 is 3.21. The van der Waals surface area contributed by atoms with Crippen LogP contribution in [0.3, 0.4) is 0 Å². The Morgan fingerprint density at radius 1 is 1.70 bits per heavy atom. The monoisotopic (exact) mass is 203 g/mol. The van der Waals surface area contributed by atoms with E-state index in [1.165, 1.54) is 12.3 Å². The second-order valence-electron chi connectivity index (χ2n) is 1.96. The number of pyridine rings is 1. The molecule has 0 saturated heterocycles. The van der Waals surface area contributed by atoms with E-state index in [2.05, 4.69) is 20.9 Å². The Kier molecular flexibility index (Phi) is 2.38. The Hall–Kier alpha value is -0.440. The minimum Gasteiger partial charge on any atom is -0.246 e. The van der Waals surface area contributed by atoms with Gasteiger partial charge < -0.3 is 0 Å². The van der Waals surface area contributed by atoms with Gasteiger partial charge in [0.1, 0.15) is 10.4 Å². The van der Waals surface area contributed by atoms with E-state index in [9.17, 15) is 4.39 Å². The van der Waals surface area contributed by atoms with Gasteiger partial charge in [0.15, 0.2) is 0 Å². The van der Waals surface area contributed by atoms with E-state index < -0.39 is 0 Å². The largest absolute Gasteiger partial charge is 0.246 e. The average Bonchev–Trinajstić information content (AvgIpc) is 1.94. The highest BCUT2D eigenvalue weighted by Gasteiger charge is 1.98. The fraction of sp³-hybridized carbons (Fsp3) is 0.286. The molecule has 10 heavy (non-hydrogen) atoms. The van der Waals surface area contributed by atoms with Gasteiger partial charge in [0.25, 0.3) is 0 Å². The molecule has 0 spiro atoms. The number of rotatable bonds is 1. The number of hydrogen-bond acceptors (Lipinski definition) is 1. The molecule has 0 bridgehead atoms. The second-order valence-corrected chi connectivity index (χ2v) is 2.71. The lowest BCUT2D eigenvalue weighted by molar-refractivity contribution is 0.617. The molecule has 0 aromatic carbocycles. The van der Waals surface area contributed by atoms with Crippen LogP contribution in [0.2, 0.25) is 0 Å². The van der Waals surface area contributed by atoms with Crippen molar-refractivity contribution in [2.75, 3.05) is 0 Å². The second kappa shape index (κ2) is 3.10. The molecule has 0 atom stereocenters. The number of halogens is 2. The molecule has 1 nitrogen and oxygen atoms in total. The van der Waals surface area contributed by atoms with Crippen LogP contribution in [0.4, 0.5) is 4.39 Å². The molecule has 0 aliphatic carbocycles. The number of nitrogens with zero attached hydrogens (tertiary/aromatic N) is 1. The maximum Gasteiger partial charge on any atom is 0.141 e. The molecule has 1 rings (SSSR count). The van der Waals surface area contributed by atoms with Crippen LogP contribution in [0.25, 0.3) is 0 Å². The predicted molar refractivity (Wildman–Crippen MR) is 41.3 cm³/mol. The molecule has 0 saturated carbocycles. The maximum atomic E-state index is 12.5. The van der Waals surface area contributed by atoms with Crippen molar-refractivity contribution in [2.45, 2.75) is 13.3 Å². The van der Waals surface area contributed by atoms with E-state index in [4.69, 9.17) is 0 Å². The lowest BCUT2D eigenvalue weighted by Gasteiger charge is -1.97. The summed E-state index contributed by atoms with van der Waals surface area (Å²) in [5.74, 6) is -0.278. The summed E-state index contributed by atoms with van der Waals surface area (Å²) in [4.78, 5) is 3.79. The first-order valence-corrected chi connectivity index (χ1v) is 3.83. The first kappa shape index (κ1) is 7.66. The molecular formula is C7H7BrFN. The van der Waals surface area contributed by atoms with Gasteiger partial charge in [-0.3, -0.25) is 0 Å². The van der Waals surface area contributed by atoms with E-state index >= 15 is 0 Å². The van der Waals surface area contributed by atoms with Gasteiger partial charge in [0.2, 0.25) is 0 Å². The van der Waals surface area contributed by atoms with Crippen LogP contribution in [0.15, 0.2) is 16.9 Å². The third-order valence-corrected chi connectivity index (χ3v) is 1.97. The van der Waals surface area contributed by atoms with Gasteiger partial charge in [-0.2, -0.15) is 0 Å². The molecule has 1 aromatic rings. The van der Waals surface area contributed by atoms with Gasteiger partial charge in [0, 0.05) is 0 Å². The molecule has 0 fully saturated rings. The van der Waals surface area contributed by atoms with Gasteiger partial charge >= 0.3 is 0 Å². The Bertz CT molecular complexity index is 237. The van der Waals surface area contributed by atoms with Crippen molar-refractivity contribution < 1.29 is 4.39 Å². The van der Waals surface area contributed by atoms with Crippen LogP contribution >= 0.6 is 15.9 Å². The summed E-state index contributed by atoms with van der Waals surface area (Å²) in [5, 5.41) is 0. The first-order chi connectivity index (χ1) is 4.74. The summed E-state index contributed by atoms with van der Waals surface area (Å²) in [6.45, 7) is 1.96. The molecule has 0 amide bonds. The minimum absolute atomic E-state index is 0.278. The lowest BCUT2D eigenvalue weighted by atomic mass is 10.2. The highest BCUT2D eigenvalue weighted by Crippen LogP contribution is 2.14. The molecule has 3 heteroatoms. The third-order valence-electron chi connectivity index (χ3n) is 1.26. The minimum atomic E-state index is -0.278. The van der Waals surface area contributed by atoms with Gasteiger partial charge in [0.05, 0.1) is 6.20 Å². The Balaban J connectivity index is 3.09. The van der Waals surface area contributed by atoms with Crippen molar-refractivity contribution in [3.05, 3.63) is 28.2 Å². The molecular weight excluding hydrogens is 197 g/mol. The molecule has 0 aliphatic rings. The molecule has 0 aliphatic heterocycles. The topological polar surface area (TPSA) is 12.9 Å². The van der Waals surface area contributed by atoms with Crippen molar-refractivity contribution in [3.8, 4) is 0 Å². The van der Waals surface area contributed by atoms with Crippen molar-refractivity contribution >= 4 is 15.9 Å². The summed E-state index contributed by atoms with van der Waals surface area (Å²) in [7, 11) is 0. The molecule has 0 unspecified atom stereocenters. The zero-order chi connectivity index (χ0) is 7.56. The van der Waals surface area contributed by atoms with Gasteiger partial charge in [-0.25, -0.2) is 9.37 Å². The van der Waals surface area contributed by atoms with E-state index in [0.29, 0.717) is 0 Å². The molecule has 54 valence electrons. The zero-order valence-corrected chi connectivity index (χ0v) is 7.15. The van der Waals surface area contributed by atoms with Gasteiger partial charge in [-0.05, 0) is 34.0 Å². The van der Waals surface area contributed by atoms with E-state index in [-0.39, 0.29) is 5.82 Å². The number of aryl methyl sites for hydroxylation is 1. The van der Waals surface area contributed by atoms with Crippen molar-refractivity contribution in [3.63, 3.8) is 0 Å². The van der Waals surface area contributed by atoms with E-state index in [1.54, 1.807) is 0 Å². The summed E-state index contributed by atoms with van der Waals surface area (Å²) < 4.78 is 13.2. The maximum absolute atomic E-state index is 12.5. The highest BCUT2D eigenvalue weighted by atomic mass is 79.9. The first-order valence-electron chi connectivity index (χ1n) is 3.04. The van der Waals surface area contributed by atoms with E-state index in [1.807, 2.05) is 6.92 Å².